The van der Waals surface area contributed by atoms with Gasteiger partial charge in [-0.25, -0.2) is 4.98 Å². The third kappa shape index (κ3) is 4.06. The first-order valence-electron chi connectivity index (χ1n) is 7.94. The van der Waals surface area contributed by atoms with Crippen molar-refractivity contribution in [3.8, 4) is 0 Å². The minimum atomic E-state index is -0.456. The van der Waals surface area contributed by atoms with Gasteiger partial charge in [-0.3, -0.25) is 9.69 Å². The summed E-state index contributed by atoms with van der Waals surface area (Å²) in [6.45, 7) is 4.19. The molecule has 22 heavy (non-hydrogen) atoms. The van der Waals surface area contributed by atoms with Crippen molar-refractivity contribution in [2.45, 2.75) is 31.5 Å². The zero-order valence-corrected chi connectivity index (χ0v) is 12.7. The number of imidazole rings is 1. The third-order valence-electron chi connectivity index (χ3n) is 4.47. The molecular formula is C15H24N4O3. The van der Waals surface area contributed by atoms with Gasteiger partial charge in [0.2, 0.25) is 5.91 Å². The molecule has 3 atom stereocenters. The van der Waals surface area contributed by atoms with Crippen molar-refractivity contribution in [1.29, 1.82) is 0 Å². The number of aromatic nitrogens is 2. The van der Waals surface area contributed by atoms with Crippen LogP contribution in [0.5, 0.6) is 0 Å². The maximum Gasteiger partial charge on any atom is 0.234 e. The summed E-state index contributed by atoms with van der Waals surface area (Å²) in [5.74, 6) is 0.368. The Bertz CT molecular complexity index is 473. The average molecular weight is 308 g/mol. The molecule has 122 valence electrons. The molecule has 1 unspecified atom stereocenters. The summed E-state index contributed by atoms with van der Waals surface area (Å²) in [7, 11) is 0. The topological polar surface area (TPSA) is 79.6 Å². The van der Waals surface area contributed by atoms with Gasteiger partial charge in [0.25, 0.3) is 0 Å². The summed E-state index contributed by atoms with van der Waals surface area (Å²) in [6, 6.07) is -0.137. The first-order valence-corrected chi connectivity index (χ1v) is 7.94. The van der Waals surface area contributed by atoms with E-state index < -0.39 is 6.10 Å². The van der Waals surface area contributed by atoms with E-state index in [0.717, 1.165) is 32.5 Å². The van der Waals surface area contributed by atoms with Crippen LogP contribution in [0.15, 0.2) is 18.7 Å². The maximum atomic E-state index is 12.1. The molecule has 7 nitrogen and oxygen atoms in total. The van der Waals surface area contributed by atoms with Crippen LogP contribution in [0.25, 0.3) is 0 Å². The second kappa shape index (κ2) is 7.21. The van der Waals surface area contributed by atoms with E-state index in [1.165, 1.54) is 0 Å². The lowest BCUT2D eigenvalue weighted by atomic mass is 10.1. The summed E-state index contributed by atoms with van der Waals surface area (Å²) in [6.07, 6.45) is 6.55. The van der Waals surface area contributed by atoms with Crippen LogP contribution in [0.1, 0.15) is 12.8 Å². The van der Waals surface area contributed by atoms with Crippen LogP contribution in [-0.2, 0) is 16.1 Å². The molecule has 1 amide bonds. The lowest BCUT2D eigenvalue weighted by molar-refractivity contribution is -0.124. The van der Waals surface area contributed by atoms with E-state index in [1.807, 2.05) is 10.8 Å². The predicted molar refractivity (Wildman–Crippen MR) is 80.1 cm³/mol. The number of ether oxygens (including phenoxy) is 1. The van der Waals surface area contributed by atoms with Gasteiger partial charge >= 0.3 is 0 Å². The van der Waals surface area contributed by atoms with Crippen LogP contribution < -0.4 is 5.32 Å². The molecular weight excluding hydrogens is 284 g/mol. The molecule has 2 N–H and O–H groups in total. The van der Waals surface area contributed by atoms with Crippen molar-refractivity contribution < 1.29 is 14.6 Å². The highest BCUT2D eigenvalue weighted by Crippen LogP contribution is 2.27. The van der Waals surface area contributed by atoms with Crippen LogP contribution in [0.4, 0.5) is 0 Å². The highest BCUT2D eigenvalue weighted by Gasteiger charge is 2.34. The van der Waals surface area contributed by atoms with Crippen LogP contribution in [-0.4, -0.2) is 70.5 Å². The predicted octanol–water partition coefficient (Wildman–Crippen LogP) is -0.529. The molecule has 7 heteroatoms. The highest BCUT2D eigenvalue weighted by molar-refractivity contribution is 5.78. The maximum absolute atomic E-state index is 12.1. The first kappa shape index (κ1) is 15.5. The molecule has 2 fully saturated rings. The van der Waals surface area contributed by atoms with E-state index in [0.29, 0.717) is 25.7 Å². The Balaban J connectivity index is 1.44. The van der Waals surface area contributed by atoms with Gasteiger partial charge in [-0.15, -0.1) is 0 Å². The van der Waals surface area contributed by atoms with Crippen molar-refractivity contribution in [3.63, 3.8) is 0 Å². The Morgan fingerprint density at radius 3 is 2.91 bits per heavy atom. The SMILES string of the molecule is O=C(CN1CCOCC1)N[C@@H]1CC(Cn2ccnc2)C[C@H]1O. The van der Waals surface area contributed by atoms with E-state index in [4.69, 9.17) is 4.74 Å². The van der Waals surface area contributed by atoms with Crippen LogP contribution in [0.3, 0.4) is 0 Å². The molecule has 3 rings (SSSR count). The standard InChI is InChI=1S/C15H24N4O3/c20-14-8-12(9-19-2-1-16-11-19)7-13(14)17-15(21)10-18-3-5-22-6-4-18/h1-2,11-14,20H,3-10H2,(H,17,21)/t12?,13-,14-/m1/s1. The van der Waals surface area contributed by atoms with Gasteiger partial charge in [0, 0.05) is 32.0 Å². The first-order chi connectivity index (χ1) is 10.7. The molecule has 1 aromatic rings. The number of aliphatic hydroxyl groups excluding tert-OH is 1. The van der Waals surface area contributed by atoms with Gasteiger partial charge in [-0.2, -0.15) is 0 Å². The summed E-state index contributed by atoms with van der Waals surface area (Å²) < 4.78 is 7.30. The normalized spacial score (nSPS) is 29.6. The largest absolute Gasteiger partial charge is 0.391 e. The fourth-order valence-corrected chi connectivity index (χ4v) is 3.33. The van der Waals surface area contributed by atoms with Gasteiger partial charge in [0.15, 0.2) is 0 Å². The average Bonchev–Trinajstić information content (AvgIpc) is 3.11. The second-order valence-corrected chi connectivity index (χ2v) is 6.23. The van der Waals surface area contributed by atoms with E-state index in [2.05, 4.69) is 15.2 Å². The van der Waals surface area contributed by atoms with E-state index in [9.17, 15) is 9.90 Å². The molecule has 0 radical (unpaired) electrons. The number of morpholine rings is 1. The zero-order valence-electron chi connectivity index (χ0n) is 12.7. The van der Waals surface area contributed by atoms with Gasteiger partial charge in [-0.1, -0.05) is 0 Å². The summed E-state index contributed by atoms with van der Waals surface area (Å²) in [5, 5.41) is 13.2. The molecule has 1 saturated heterocycles. The number of aliphatic hydroxyl groups is 1. The number of nitrogens with one attached hydrogen (secondary N) is 1. The number of hydrogen-bond donors (Lipinski definition) is 2. The minimum absolute atomic E-state index is 0.00534. The molecule has 1 aliphatic heterocycles. The Hall–Kier alpha value is -1.44. The smallest absolute Gasteiger partial charge is 0.234 e. The van der Waals surface area contributed by atoms with Crippen molar-refractivity contribution in [1.82, 2.24) is 19.8 Å². The molecule has 0 bridgehead atoms. The Morgan fingerprint density at radius 1 is 1.36 bits per heavy atom. The summed E-state index contributed by atoms with van der Waals surface area (Å²) in [4.78, 5) is 18.2. The Morgan fingerprint density at radius 2 is 2.18 bits per heavy atom. The Kier molecular flexibility index (Phi) is 5.07. The molecule has 1 saturated carbocycles. The number of carbonyl (C=O) groups is 1. The van der Waals surface area contributed by atoms with Crippen molar-refractivity contribution in [2.75, 3.05) is 32.8 Å². The summed E-state index contributed by atoms with van der Waals surface area (Å²) in [5.41, 5.74) is 0. The number of hydrogen-bond acceptors (Lipinski definition) is 5. The highest BCUT2D eigenvalue weighted by atomic mass is 16.5. The van der Waals surface area contributed by atoms with Gasteiger partial charge in [0.1, 0.15) is 0 Å². The molecule has 2 aliphatic rings. The van der Waals surface area contributed by atoms with E-state index >= 15 is 0 Å². The van der Waals surface area contributed by atoms with E-state index in [1.54, 1.807) is 12.5 Å². The molecule has 0 aromatic carbocycles. The molecule has 1 aromatic heterocycles. The van der Waals surface area contributed by atoms with E-state index in [-0.39, 0.29) is 11.9 Å². The lowest BCUT2D eigenvalue weighted by Gasteiger charge is -2.27. The number of carbonyl (C=O) groups excluding carboxylic acids is 1. The fourth-order valence-electron chi connectivity index (χ4n) is 3.33. The summed E-state index contributed by atoms with van der Waals surface area (Å²) >= 11 is 0. The van der Waals surface area contributed by atoms with Gasteiger partial charge in [-0.05, 0) is 18.8 Å². The molecule has 1 aliphatic carbocycles. The van der Waals surface area contributed by atoms with Crippen LogP contribution in [0, 0.1) is 5.92 Å². The second-order valence-electron chi connectivity index (χ2n) is 6.23. The minimum Gasteiger partial charge on any atom is -0.391 e. The number of rotatable bonds is 5. The van der Waals surface area contributed by atoms with Crippen LogP contribution >= 0.6 is 0 Å². The number of amides is 1. The third-order valence-corrected chi connectivity index (χ3v) is 4.47. The van der Waals surface area contributed by atoms with Gasteiger partial charge in [0.05, 0.1) is 38.2 Å². The number of nitrogens with zero attached hydrogens (tertiary/aromatic N) is 3. The monoisotopic (exact) mass is 308 g/mol. The fraction of sp³-hybridized carbons (Fsp3) is 0.733. The van der Waals surface area contributed by atoms with Crippen molar-refractivity contribution in [3.05, 3.63) is 18.7 Å². The molecule has 0 spiro atoms. The molecule has 2 heterocycles. The quantitative estimate of drug-likeness (QED) is 0.764. The zero-order chi connectivity index (χ0) is 15.4. The van der Waals surface area contributed by atoms with Gasteiger partial charge < -0.3 is 19.7 Å². The van der Waals surface area contributed by atoms with Crippen molar-refractivity contribution >= 4 is 5.91 Å². The lowest BCUT2D eigenvalue weighted by Crippen LogP contribution is -2.47. The Labute approximate surface area is 130 Å². The van der Waals surface area contributed by atoms with Crippen molar-refractivity contribution in [2.24, 2.45) is 5.92 Å². The van der Waals surface area contributed by atoms with Crippen LogP contribution in [0.2, 0.25) is 0 Å².